The summed E-state index contributed by atoms with van der Waals surface area (Å²) in [5, 5.41) is 0. The van der Waals surface area contributed by atoms with Gasteiger partial charge in [0.05, 0.1) is 12.7 Å². The van der Waals surface area contributed by atoms with Crippen LogP contribution in [0.5, 0.6) is 5.75 Å². The average molecular weight is 423 g/mol. The van der Waals surface area contributed by atoms with Crippen LogP contribution in [0.1, 0.15) is 24.5 Å². The van der Waals surface area contributed by atoms with Gasteiger partial charge in [-0.05, 0) is 55.2 Å². The maximum Gasteiger partial charge on any atom is 0.128 e. The lowest BCUT2D eigenvalue weighted by molar-refractivity contribution is -0.0516. The van der Waals surface area contributed by atoms with Gasteiger partial charge < -0.3 is 14.2 Å². The summed E-state index contributed by atoms with van der Waals surface area (Å²) in [6, 6.07) is 26.6. The van der Waals surface area contributed by atoms with Crippen LogP contribution in [0.15, 0.2) is 84.9 Å². The molecule has 0 saturated carbocycles. The molecule has 0 N–H and O–H groups in total. The summed E-state index contributed by atoms with van der Waals surface area (Å²) in [6.07, 6.45) is 1.22. The molecule has 0 radical (unpaired) electrons. The van der Waals surface area contributed by atoms with E-state index in [2.05, 4.69) is 19.1 Å². The van der Waals surface area contributed by atoms with E-state index in [1.807, 2.05) is 60.7 Å². The molecule has 0 heterocycles. The van der Waals surface area contributed by atoms with E-state index >= 15 is 0 Å². The summed E-state index contributed by atoms with van der Waals surface area (Å²) in [7, 11) is 1.71. The Hall–Kier alpha value is -2.69. The van der Waals surface area contributed by atoms with Crippen molar-refractivity contribution in [1.29, 1.82) is 0 Å². The van der Waals surface area contributed by atoms with Crippen molar-refractivity contribution in [3.8, 4) is 5.75 Å². The fourth-order valence-electron chi connectivity index (χ4n) is 3.70. The molecular formula is C27H31FO3. The summed E-state index contributed by atoms with van der Waals surface area (Å²) in [5.74, 6) is 0.717. The zero-order valence-electron chi connectivity index (χ0n) is 18.2. The Labute approximate surface area is 184 Å². The molecule has 3 aromatic rings. The highest BCUT2D eigenvalue weighted by molar-refractivity contribution is 5.22. The Balaban J connectivity index is 1.79. The van der Waals surface area contributed by atoms with E-state index in [-0.39, 0.29) is 23.9 Å². The first-order valence-electron chi connectivity index (χ1n) is 10.8. The predicted molar refractivity (Wildman–Crippen MR) is 122 cm³/mol. The molecule has 0 aliphatic heterocycles. The number of methoxy groups -OCH3 is 1. The van der Waals surface area contributed by atoms with Gasteiger partial charge in [0.25, 0.3) is 0 Å². The van der Waals surface area contributed by atoms with Gasteiger partial charge in [0.2, 0.25) is 0 Å². The number of ether oxygens (including phenoxy) is 3. The molecule has 0 fully saturated rings. The molecule has 3 aromatic carbocycles. The normalized spacial score (nSPS) is 14.0. The van der Waals surface area contributed by atoms with Gasteiger partial charge in [-0.3, -0.25) is 0 Å². The first-order valence-corrected chi connectivity index (χ1v) is 10.8. The van der Waals surface area contributed by atoms with Gasteiger partial charge >= 0.3 is 0 Å². The van der Waals surface area contributed by atoms with Crippen molar-refractivity contribution in [3.63, 3.8) is 0 Å². The number of halogens is 1. The van der Waals surface area contributed by atoms with Crippen LogP contribution in [0.25, 0.3) is 0 Å². The smallest absolute Gasteiger partial charge is 0.128 e. The molecule has 0 amide bonds. The van der Waals surface area contributed by atoms with Crippen molar-refractivity contribution in [1.82, 2.24) is 0 Å². The molecule has 0 spiro atoms. The molecule has 3 atom stereocenters. The third-order valence-corrected chi connectivity index (χ3v) is 5.40. The van der Waals surface area contributed by atoms with Gasteiger partial charge in [-0.1, -0.05) is 60.7 Å². The van der Waals surface area contributed by atoms with Gasteiger partial charge in [0.1, 0.15) is 17.7 Å². The second-order valence-corrected chi connectivity index (χ2v) is 7.77. The first kappa shape index (κ1) is 23.0. The number of benzene rings is 3. The minimum absolute atomic E-state index is 0.136. The highest BCUT2D eigenvalue weighted by Crippen LogP contribution is 2.26. The van der Waals surface area contributed by atoms with E-state index in [1.54, 1.807) is 7.11 Å². The molecule has 0 aliphatic carbocycles. The van der Waals surface area contributed by atoms with Crippen molar-refractivity contribution in [2.75, 3.05) is 13.7 Å². The lowest BCUT2D eigenvalue weighted by atomic mass is 9.88. The van der Waals surface area contributed by atoms with Gasteiger partial charge in [-0.25, -0.2) is 4.39 Å². The molecule has 31 heavy (non-hydrogen) atoms. The van der Waals surface area contributed by atoms with Crippen molar-refractivity contribution in [2.45, 2.75) is 38.6 Å². The fraction of sp³-hybridized carbons (Fsp3) is 0.333. The average Bonchev–Trinajstić information content (AvgIpc) is 2.81. The van der Waals surface area contributed by atoms with Crippen LogP contribution < -0.4 is 4.74 Å². The van der Waals surface area contributed by atoms with E-state index in [1.165, 1.54) is 12.1 Å². The number of hydrogen-bond donors (Lipinski definition) is 0. The van der Waals surface area contributed by atoms with Crippen molar-refractivity contribution in [3.05, 3.63) is 102 Å². The second kappa shape index (κ2) is 12.2. The van der Waals surface area contributed by atoms with Crippen molar-refractivity contribution < 1.29 is 18.6 Å². The molecule has 3 nitrogen and oxygen atoms in total. The number of hydrogen-bond acceptors (Lipinski definition) is 3. The largest absolute Gasteiger partial charge is 0.487 e. The molecule has 0 aromatic heterocycles. The summed E-state index contributed by atoms with van der Waals surface area (Å²) in [6.45, 7) is 3.19. The first-order chi connectivity index (χ1) is 15.2. The fourth-order valence-corrected chi connectivity index (χ4v) is 3.70. The van der Waals surface area contributed by atoms with Gasteiger partial charge in [0.15, 0.2) is 0 Å². The SMILES string of the molecule is COCC[C@H](Cc1ccc(F)cc1)[C@@H](Oc1ccccc1)[C@H](C)OCc1ccccc1. The van der Waals surface area contributed by atoms with E-state index < -0.39 is 0 Å². The highest BCUT2D eigenvalue weighted by atomic mass is 19.1. The van der Waals surface area contributed by atoms with E-state index in [0.29, 0.717) is 13.2 Å². The van der Waals surface area contributed by atoms with Crippen LogP contribution in [0, 0.1) is 11.7 Å². The van der Waals surface area contributed by atoms with E-state index in [9.17, 15) is 4.39 Å². The topological polar surface area (TPSA) is 27.7 Å². The number of para-hydroxylation sites is 1. The predicted octanol–water partition coefficient (Wildman–Crippen LogP) is 6.07. The van der Waals surface area contributed by atoms with E-state index in [4.69, 9.17) is 14.2 Å². The van der Waals surface area contributed by atoms with Crippen molar-refractivity contribution >= 4 is 0 Å². The molecular weight excluding hydrogens is 391 g/mol. The summed E-state index contributed by atoms with van der Waals surface area (Å²) >= 11 is 0. The maximum atomic E-state index is 13.4. The Morgan fingerprint density at radius 1 is 0.806 bits per heavy atom. The van der Waals surface area contributed by atoms with Crippen LogP contribution in [0.4, 0.5) is 4.39 Å². The zero-order valence-corrected chi connectivity index (χ0v) is 18.2. The Kier molecular flexibility index (Phi) is 9.07. The van der Waals surface area contributed by atoms with E-state index in [0.717, 1.165) is 29.7 Å². The zero-order chi connectivity index (χ0) is 21.9. The summed E-state index contributed by atoms with van der Waals surface area (Å²) < 4.78 is 31.5. The van der Waals surface area contributed by atoms with Gasteiger partial charge in [-0.2, -0.15) is 0 Å². The molecule has 0 bridgehead atoms. The minimum atomic E-state index is -0.228. The van der Waals surface area contributed by atoms with Crippen molar-refractivity contribution in [2.24, 2.45) is 5.92 Å². The Morgan fingerprint density at radius 3 is 2.10 bits per heavy atom. The number of rotatable bonds is 12. The quantitative estimate of drug-likeness (QED) is 0.354. The van der Waals surface area contributed by atoms with Gasteiger partial charge in [0, 0.05) is 19.6 Å². The summed E-state index contributed by atoms with van der Waals surface area (Å²) in [5.41, 5.74) is 2.19. The summed E-state index contributed by atoms with van der Waals surface area (Å²) in [4.78, 5) is 0. The monoisotopic (exact) mass is 422 g/mol. The van der Waals surface area contributed by atoms with Crippen LogP contribution in [-0.2, 0) is 22.5 Å². The molecule has 0 aliphatic rings. The standard InChI is InChI=1S/C27H31FO3/c1-21(30-20-23-9-5-3-6-10-23)27(31-26-11-7-4-8-12-26)24(17-18-29-2)19-22-13-15-25(28)16-14-22/h3-16,21,24,27H,17-20H2,1-2H3/t21-,24+,27-/m0/s1. The van der Waals surface area contributed by atoms with Gasteiger partial charge in [-0.15, -0.1) is 0 Å². The molecule has 4 heteroatoms. The lowest BCUT2D eigenvalue weighted by Gasteiger charge is -2.32. The van der Waals surface area contributed by atoms with Crippen LogP contribution in [-0.4, -0.2) is 25.9 Å². The third-order valence-electron chi connectivity index (χ3n) is 5.40. The maximum absolute atomic E-state index is 13.4. The minimum Gasteiger partial charge on any atom is -0.487 e. The molecule has 164 valence electrons. The Bertz CT molecular complexity index is 868. The van der Waals surface area contributed by atoms with Crippen LogP contribution in [0.3, 0.4) is 0 Å². The molecule has 0 saturated heterocycles. The molecule has 3 rings (SSSR count). The second-order valence-electron chi connectivity index (χ2n) is 7.77. The van der Waals surface area contributed by atoms with Crippen LogP contribution >= 0.6 is 0 Å². The highest BCUT2D eigenvalue weighted by Gasteiger charge is 2.30. The van der Waals surface area contributed by atoms with Crippen LogP contribution in [0.2, 0.25) is 0 Å². The third kappa shape index (κ3) is 7.50. The molecule has 0 unspecified atom stereocenters. The lowest BCUT2D eigenvalue weighted by Crippen LogP contribution is -2.40. The Morgan fingerprint density at radius 2 is 1.45 bits per heavy atom.